The van der Waals surface area contributed by atoms with Gasteiger partial charge in [-0.15, -0.1) is 0 Å². The molecule has 0 atom stereocenters. The molecule has 0 spiro atoms. The van der Waals surface area contributed by atoms with Crippen LogP contribution in [0.25, 0.3) is 0 Å². The minimum Gasteiger partial charge on any atom is -0.341 e. The van der Waals surface area contributed by atoms with Crippen molar-refractivity contribution in [3.8, 4) is 0 Å². The van der Waals surface area contributed by atoms with Crippen LogP contribution in [0, 0.1) is 0 Å². The average molecular weight is 220 g/mol. The number of aromatic nitrogens is 1. The van der Waals surface area contributed by atoms with E-state index in [9.17, 15) is 9.59 Å². The first-order chi connectivity index (χ1) is 7.59. The van der Waals surface area contributed by atoms with E-state index >= 15 is 0 Å². The van der Waals surface area contributed by atoms with Crippen molar-refractivity contribution >= 4 is 11.7 Å². The van der Waals surface area contributed by atoms with E-state index in [2.05, 4.69) is 4.98 Å². The van der Waals surface area contributed by atoms with Crippen LogP contribution < -0.4 is 0 Å². The SMILES string of the molecule is CC(=O)CCC(=O)N(C)Cc1cccnc1. The Morgan fingerprint density at radius 2 is 2.12 bits per heavy atom. The highest BCUT2D eigenvalue weighted by Crippen LogP contribution is 2.03. The van der Waals surface area contributed by atoms with Crippen molar-refractivity contribution in [2.24, 2.45) is 0 Å². The maximum absolute atomic E-state index is 11.6. The lowest BCUT2D eigenvalue weighted by Gasteiger charge is -2.16. The molecule has 1 amide bonds. The highest BCUT2D eigenvalue weighted by molar-refractivity contribution is 5.83. The number of Topliss-reactive ketones (excluding diaryl/α,β-unsaturated/α-hetero) is 1. The molecule has 1 rings (SSSR count). The van der Waals surface area contributed by atoms with Crippen molar-refractivity contribution < 1.29 is 9.59 Å². The summed E-state index contributed by atoms with van der Waals surface area (Å²) < 4.78 is 0. The molecule has 0 aliphatic carbocycles. The first-order valence-electron chi connectivity index (χ1n) is 5.22. The summed E-state index contributed by atoms with van der Waals surface area (Å²) in [5, 5.41) is 0. The summed E-state index contributed by atoms with van der Waals surface area (Å²) in [5.74, 6) is 0.0298. The van der Waals surface area contributed by atoms with Gasteiger partial charge in [-0.1, -0.05) is 6.07 Å². The molecule has 1 aromatic heterocycles. The third-order valence-corrected chi connectivity index (χ3v) is 2.26. The highest BCUT2D eigenvalue weighted by Gasteiger charge is 2.09. The van der Waals surface area contributed by atoms with E-state index in [-0.39, 0.29) is 18.1 Å². The van der Waals surface area contributed by atoms with Gasteiger partial charge in [-0.05, 0) is 18.6 Å². The Morgan fingerprint density at radius 1 is 1.38 bits per heavy atom. The minimum absolute atomic E-state index is 0.0148. The largest absolute Gasteiger partial charge is 0.341 e. The smallest absolute Gasteiger partial charge is 0.223 e. The lowest BCUT2D eigenvalue weighted by atomic mass is 10.2. The van der Waals surface area contributed by atoms with Crippen LogP contribution in [0.2, 0.25) is 0 Å². The number of hydrogen-bond acceptors (Lipinski definition) is 3. The second-order valence-corrected chi connectivity index (χ2v) is 3.81. The van der Waals surface area contributed by atoms with Gasteiger partial charge in [-0.2, -0.15) is 0 Å². The predicted molar refractivity (Wildman–Crippen MR) is 60.6 cm³/mol. The summed E-state index contributed by atoms with van der Waals surface area (Å²) in [6.07, 6.45) is 4.03. The summed E-state index contributed by atoms with van der Waals surface area (Å²) in [6.45, 7) is 2.03. The Labute approximate surface area is 95.3 Å². The molecule has 0 saturated heterocycles. The molecule has 0 N–H and O–H groups in total. The third kappa shape index (κ3) is 4.21. The Morgan fingerprint density at radius 3 is 2.69 bits per heavy atom. The van der Waals surface area contributed by atoms with Crippen molar-refractivity contribution in [1.29, 1.82) is 0 Å². The Balaban J connectivity index is 2.43. The van der Waals surface area contributed by atoms with Gasteiger partial charge in [0, 0.05) is 38.8 Å². The maximum atomic E-state index is 11.6. The summed E-state index contributed by atoms with van der Waals surface area (Å²) in [7, 11) is 1.73. The Hall–Kier alpha value is -1.71. The number of rotatable bonds is 5. The molecule has 1 heterocycles. The van der Waals surface area contributed by atoms with Crippen molar-refractivity contribution in [2.75, 3.05) is 7.05 Å². The van der Waals surface area contributed by atoms with Gasteiger partial charge >= 0.3 is 0 Å². The van der Waals surface area contributed by atoms with Crippen LogP contribution in [0.5, 0.6) is 0 Å². The molecule has 86 valence electrons. The zero-order valence-corrected chi connectivity index (χ0v) is 9.64. The Bertz CT molecular complexity index is 363. The van der Waals surface area contributed by atoms with Crippen molar-refractivity contribution in [3.63, 3.8) is 0 Å². The van der Waals surface area contributed by atoms with E-state index < -0.39 is 0 Å². The summed E-state index contributed by atoms with van der Waals surface area (Å²) in [4.78, 5) is 27.9. The van der Waals surface area contributed by atoms with Gasteiger partial charge in [0.2, 0.25) is 5.91 Å². The fraction of sp³-hybridized carbons (Fsp3) is 0.417. The first kappa shape index (κ1) is 12.4. The van der Waals surface area contributed by atoms with E-state index in [1.165, 1.54) is 6.92 Å². The standard InChI is InChI=1S/C12H16N2O2/c1-10(15)5-6-12(16)14(2)9-11-4-3-7-13-8-11/h3-4,7-8H,5-6,9H2,1-2H3. The van der Waals surface area contributed by atoms with E-state index in [1.807, 2.05) is 12.1 Å². The van der Waals surface area contributed by atoms with Crippen LogP contribution >= 0.6 is 0 Å². The fourth-order valence-electron chi connectivity index (χ4n) is 1.33. The van der Waals surface area contributed by atoms with Gasteiger partial charge < -0.3 is 9.69 Å². The predicted octanol–water partition coefficient (Wildman–Crippen LogP) is 1.41. The van der Waals surface area contributed by atoms with Gasteiger partial charge in [-0.25, -0.2) is 0 Å². The van der Waals surface area contributed by atoms with E-state index in [4.69, 9.17) is 0 Å². The summed E-state index contributed by atoms with van der Waals surface area (Å²) in [5.41, 5.74) is 0.987. The van der Waals surface area contributed by atoms with E-state index in [1.54, 1.807) is 24.3 Å². The van der Waals surface area contributed by atoms with E-state index in [0.29, 0.717) is 13.0 Å². The highest BCUT2D eigenvalue weighted by atomic mass is 16.2. The zero-order valence-electron chi connectivity index (χ0n) is 9.64. The molecule has 0 radical (unpaired) electrons. The number of nitrogens with zero attached hydrogens (tertiary/aromatic N) is 2. The van der Waals surface area contributed by atoms with Crippen LogP contribution in [0.4, 0.5) is 0 Å². The second-order valence-electron chi connectivity index (χ2n) is 3.81. The van der Waals surface area contributed by atoms with Crippen LogP contribution in [-0.4, -0.2) is 28.6 Å². The topological polar surface area (TPSA) is 50.3 Å². The molecule has 4 heteroatoms. The molecule has 0 aliphatic heterocycles. The fourth-order valence-corrected chi connectivity index (χ4v) is 1.33. The number of hydrogen-bond donors (Lipinski definition) is 0. The molecule has 0 aromatic carbocycles. The van der Waals surface area contributed by atoms with Gasteiger partial charge in [0.1, 0.15) is 5.78 Å². The number of carbonyl (C=O) groups is 2. The molecular formula is C12H16N2O2. The molecular weight excluding hydrogens is 204 g/mol. The molecule has 1 aromatic rings. The molecule has 0 unspecified atom stereocenters. The number of ketones is 1. The molecule has 0 aliphatic rings. The van der Waals surface area contributed by atoms with Crippen molar-refractivity contribution in [2.45, 2.75) is 26.3 Å². The molecule has 0 fully saturated rings. The van der Waals surface area contributed by atoms with Crippen molar-refractivity contribution in [3.05, 3.63) is 30.1 Å². The number of carbonyl (C=O) groups excluding carboxylic acids is 2. The Kier molecular flexibility index (Phi) is 4.64. The first-order valence-corrected chi connectivity index (χ1v) is 5.22. The quantitative estimate of drug-likeness (QED) is 0.753. The second kappa shape index (κ2) is 6.00. The summed E-state index contributed by atoms with van der Waals surface area (Å²) in [6, 6.07) is 3.75. The third-order valence-electron chi connectivity index (χ3n) is 2.26. The van der Waals surface area contributed by atoms with Crippen LogP contribution in [-0.2, 0) is 16.1 Å². The van der Waals surface area contributed by atoms with Crippen LogP contribution in [0.3, 0.4) is 0 Å². The molecule has 0 saturated carbocycles. The van der Waals surface area contributed by atoms with Gasteiger partial charge in [0.25, 0.3) is 0 Å². The molecule has 16 heavy (non-hydrogen) atoms. The van der Waals surface area contributed by atoms with Crippen LogP contribution in [0.1, 0.15) is 25.3 Å². The molecule has 0 bridgehead atoms. The van der Waals surface area contributed by atoms with Gasteiger partial charge in [0.15, 0.2) is 0 Å². The minimum atomic E-state index is -0.0148. The maximum Gasteiger partial charge on any atom is 0.223 e. The summed E-state index contributed by atoms with van der Waals surface area (Å²) >= 11 is 0. The lowest BCUT2D eigenvalue weighted by Crippen LogP contribution is -2.26. The van der Waals surface area contributed by atoms with Gasteiger partial charge in [-0.3, -0.25) is 9.78 Å². The van der Waals surface area contributed by atoms with Gasteiger partial charge in [0.05, 0.1) is 0 Å². The average Bonchev–Trinajstić information content (AvgIpc) is 2.27. The molecule has 4 nitrogen and oxygen atoms in total. The zero-order chi connectivity index (χ0) is 12.0. The number of amides is 1. The lowest BCUT2D eigenvalue weighted by molar-refractivity contribution is -0.132. The van der Waals surface area contributed by atoms with Crippen molar-refractivity contribution in [1.82, 2.24) is 9.88 Å². The van der Waals surface area contributed by atoms with E-state index in [0.717, 1.165) is 5.56 Å². The number of pyridine rings is 1. The van der Waals surface area contributed by atoms with Crippen LogP contribution in [0.15, 0.2) is 24.5 Å². The normalized spacial score (nSPS) is 9.88. The monoisotopic (exact) mass is 220 g/mol.